The van der Waals surface area contributed by atoms with E-state index < -0.39 is 0 Å². The molecule has 2 N–H and O–H groups in total. The highest BCUT2D eigenvalue weighted by molar-refractivity contribution is 9.10. The molecule has 0 radical (unpaired) electrons. The second kappa shape index (κ2) is 9.16. The van der Waals surface area contributed by atoms with E-state index in [9.17, 15) is 9.90 Å². The number of nitrogens with zero attached hydrogens (tertiary/aromatic N) is 1. The zero-order valence-corrected chi connectivity index (χ0v) is 17.8. The minimum Gasteiger partial charge on any atom is -0.503 e. The van der Waals surface area contributed by atoms with Crippen LogP contribution in [-0.4, -0.2) is 29.4 Å². The van der Waals surface area contributed by atoms with Gasteiger partial charge in [0.15, 0.2) is 16.7 Å². The van der Waals surface area contributed by atoms with Crippen molar-refractivity contribution >= 4 is 50.5 Å². The van der Waals surface area contributed by atoms with Crippen LogP contribution in [0.4, 0.5) is 5.69 Å². The Kier molecular flexibility index (Phi) is 6.64. The summed E-state index contributed by atoms with van der Waals surface area (Å²) in [7, 11) is 0. The number of hydrogen-bond donors (Lipinski definition) is 2. The van der Waals surface area contributed by atoms with Gasteiger partial charge in [0, 0.05) is 0 Å². The normalized spacial score (nSPS) is 16.5. The summed E-state index contributed by atoms with van der Waals surface area (Å²) in [5, 5.41) is 13.3. The number of halogens is 1. The standard InChI is InChI=1S/C20H19BrN2O4S/c1-3-26-14-7-5-13(6-8-14)22-20-23-19(25)17(28-20)11-12-9-15(21)18(24)16(10-12)27-4-2/h5-11,24H,3-4H2,1-2H3,(H,22,23,25)/b17-11+. The van der Waals surface area contributed by atoms with Gasteiger partial charge in [-0.1, -0.05) is 0 Å². The number of nitrogens with one attached hydrogen (secondary N) is 1. The number of phenolic OH excluding ortho intramolecular Hbond substituents is 1. The molecule has 28 heavy (non-hydrogen) atoms. The first-order chi connectivity index (χ1) is 13.5. The van der Waals surface area contributed by atoms with E-state index >= 15 is 0 Å². The number of carbonyl (C=O) groups is 1. The highest BCUT2D eigenvalue weighted by Gasteiger charge is 2.24. The van der Waals surface area contributed by atoms with Gasteiger partial charge in [-0.15, -0.1) is 0 Å². The molecule has 1 heterocycles. The average Bonchev–Trinajstić information content (AvgIpc) is 3.00. The van der Waals surface area contributed by atoms with Gasteiger partial charge < -0.3 is 19.9 Å². The molecule has 0 saturated carbocycles. The Morgan fingerprint density at radius 3 is 2.57 bits per heavy atom. The average molecular weight is 463 g/mol. The molecule has 3 rings (SSSR count). The second-order valence-corrected chi connectivity index (χ2v) is 7.58. The van der Waals surface area contributed by atoms with Crippen molar-refractivity contribution in [3.8, 4) is 17.2 Å². The fraction of sp³-hybridized carbons (Fsp3) is 0.200. The number of phenols is 1. The second-order valence-electron chi connectivity index (χ2n) is 5.69. The number of amidine groups is 1. The number of aliphatic imine (C=N–C) groups is 1. The van der Waals surface area contributed by atoms with Crippen LogP contribution in [0, 0.1) is 0 Å². The molecule has 1 saturated heterocycles. The Bertz CT molecular complexity index is 942. The third kappa shape index (κ3) is 4.88. The Labute approximate surface area is 175 Å². The van der Waals surface area contributed by atoms with E-state index in [4.69, 9.17) is 9.47 Å². The van der Waals surface area contributed by atoms with Crippen LogP contribution in [-0.2, 0) is 4.79 Å². The molecule has 2 aromatic rings. The van der Waals surface area contributed by atoms with E-state index in [-0.39, 0.29) is 11.7 Å². The number of hydrogen-bond acceptors (Lipinski definition) is 6. The molecule has 0 bridgehead atoms. The summed E-state index contributed by atoms with van der Waals surface area (Å²) >= 11 is 4.56. The zero-order chi connectivity index (χ0) is 20.1. The van der Waals surface area contributed by atoms with Gasteiger partial charge in [-0.05, 0) is 89.6 Å². The van der Waals surface area contributed by atoms with Gasteiger partial charge in [0.1, 0.15) is 5.75 Å². The molecule has 1 aliphatic heterocycles. The summed E-state index contributed by atoms with van der Waals surface area (Å²) in [5.41, 5.74) is 1.45. The first-order valence-electron chi connectivity index (χ1n) is 8.68. The summed E-state index contributed by atoms with van der Waals surface area (Å²) in [6.07, 6.45) is 1.73. The molecule has 1 aliphatic rings. The largest absolute Gasteiger partial charge is 0.503 e. The first kappa shape index (κ1) is 20.3. The van der Waals surface area contributed by atoms with Gasteiger partial charge in [-0.25, -0.2) is 4.99 Å². The van der Waals surface area contributed by atoms with Crippen LogP contribution in [0.2, 0.25) is 0 Å². The summed E-state index contributed by atoms with van der Waals surface area (Å²) in [4.78, 5) is 17.2. The molecule has 0 aromatic heterocycles. The third-order valence-corrected chi connectivity index (χ3v) is 5.19. The van der Waals surface area contributed by atoms with Crippen LogP contribution >= 0.6 is 27.7 Å². The predicted octanol–water partition coefficient (Wildman–Crippen LogP) is 4.84. The van der Waals surface area contributed by atoms with Gasteiger partial charge in [-0.3, -0.25) is 4.79 Å². The summed E-state index contributed by atoms with van der Waals surface area (Å²) < 4.78 is 11.3. The minimum absolute atomic E-state index is 0.0327. The van der Waals surface area contributed by atoms with E-state index in [1.54, 1.807) is 18.2 Å². The third-order valence-electron chi connectivity index (χ3n) is 3.68. The predicted molar refractivity (Wildman–Crippen MR) is 115 cm³/mol. The van der Waals surface area contributed by atoms with Crippen LogP contribution in [0.3, 0.4) is 0 Å². The van der Waals surface area contributed by atoms with Crippen molar-refractivity contribution in [2.45, 2.75) is 13.8 Å². The fourth-order valence-electron chi connectivity index (χ4n) is 2.48. The van der Waals surface area contributed by atoms with Gasteiger partial charge >= 0.3 is 0 Å². The van der Waals surface area contributed by atoms with Crippen LogP contribution in [0.1, 0.15) is 19.4 Å². The van der Waals surface area contributed by atoms with E-state index in [1.807, 2.05) is 38.1 Å². The molecule has 0 unspecified atom stereocenters. The molecule has 146 valence electrons. The molecule has 1 amide bonds. The molecule has 0 spiro atoms. The van der Waals surface area contributed by atoms with Gasteiger partial charge in [-0.2, -0.15) is 0 Å². The van der Waals surface area contributed by atoms with Gasteiger partial charge in [0.2, 0.25) is 0 Å². The van der Waals surface area contributed by atoms with Crippen molar-refractivity contribution in [2.24, 2.45) is 4.99 Å². The molecule has 1 fully saturated rings. The maximum absolute atomic E-state index is 12.3. The maximum Gasteiger partial charge on any atom is 0.264 e. The lowest BCUT2D eigenvalue weighted by atomic mass is 10.2. The number of ether oxygens (including phenoxy) is 2. The smallest absolute Gasteiger partial charge is 0.264 e. The van der Waals surface area contributed by atoms with Crippen molar-refractivity contribution in [3.05, 3.63) is 51.3 Å². The molecular weight excluding hydrogens is 444 g/mol. The highest BCUT2D eigenvalue weighted by atomic mass is 79.9. The summed E-state index contributed by atoms with van der Waals surface area (Å²) in [5.74, 6) is 0.940. The summed E-state index contributed by atoms with van der Waals surface area (Å²) in [6, 6.07) is 10.7. The number of benzene rings is 2. The molecular formula is C20H19BrN2O4S. The lowest BCUT2D eigenvalue weighted by Gasteiger charge is -2.08. The van der Waals surface area contributed by atoms with Crippen molar-refractivity contribution in [2.75, 3.05) is 13.2 Å². The molecule has 6 nitrogen and oxygen atoms in total. The quantitative estimate of drug-likeness (QED) is 0.600. The lowest BCUT2D eigenvalue weighted by Crippen LogP contribution is -2.19. The SMILES string of the molecule is CCOc1ccc(N=C2NC(=O)/C(=C\c3cc(Br)c(O)c(OCC)c3)S2)cc1. The summed E-state index contributed by atoms with van der Waals surface area (Å²) in [6.45, 7) is 4.79. The number of aromatic hydroxyl groups is 1. The lowest BCUT2D eigenvalue weighted by molar-refractivity contribution is -0.115. The van der Waals surface area contributed by atoms with E-state index in [0.717, 1.165) is 17.0 Å². The van der Waals surface area contributed by atoms with Crippen LogP contribution < -0.4 is 14.8 Å². The van der Waals surface area contributed by atoms with Crippen LogP contribution in [0.25, 0.3) is 6.08 Å². The minimum atomic E-state index is -0.225. The Balaban J connectivity index is 1.80. The van der Waals surface area contributed by atoms with Crippen molar-refractivity contribution in [1.29, 1.82) is 0 Å². The number of thioether (sulfide) groups is 1. The van der Waals surface area contributed by atoms with Gasteiger partial charge in [0.25, 0.3) is 5.91 Å². The topological polar surface area (TPSA) is 80.2 Å². The highest BCUT2D eigenvalue weighted by Crippen LogP contribution is 2.37. The number of rotatable bonds is 6. The Hall–Kier alpha value is -2.45. The van der Waals surface area contributed by atoms with Crippen molar-refractivity contribution in [3.63, 3.8) is 0 Å². The Morgan fingerprint density at radius 2 is 1.89 bits per heavy atom. The number of amides is 1. The maximum atomic E-state index is 12.3. The fourth-order valence-corrected chi connectivity index (χ4v) is 3.78. The van der Waals surface area contributed by atoms with Gasteiger partial charge in [0.05, 0.1) is 28.3 Å². The van der Waals surface area contributed by atoms with Crippen molar-refractivity contribution < 1.29 is 19.4 Å². The zero-order valence-electron chi connectivity index (χ0n) is 15.4. The van der Waals surface area contributed by atoms with Crippen LogP contribution in [0.15, 0.2) is 50.8 Å². The van der Waals surface area contributed by atoms with Crippen LogP contribution in [0.5, 0.6) is 17.2 Å². The molecule has 8 heteroatoms. The van der Waals surface area contributed by atoms with E-state index in [0.29, 0.717) is 33.5 Å². The Morgan fingerprint density at radius 1 is 1.18 bits per heavy atom. The molecule has 2 aromatic carbocycles. The number of carbonyl (C=O) groups excluding carboxylic acids is 1. The first-order valence-corrected chi connectivity index (χ1v) is 10.3. The molecule has 0 atom stereocenters. The monoisotopic (exact) mass is 462 g/mol. The molecule has 0 aliphatic carbocycles. The van der Waals surface area contributed by atoms with E-state index in [1.165, 1.54) is 11.8 Å². The van der Waals surface area contributed by atoms with E-state index in [2.05, 4.69) is 26.2 Å². The van der Waals surface area contributed by atoms with Crippen molar-refractivity contribution in [1.82, 2.24) is 5.32 Å².